The highest BCUT2D eigenvalue weighted by Crippen LogP contribution is 2.14. The zero-order valence-electron chi connectivity index (χ0n) is 4.33. The van der Waals surface area contributed by atoms with Gasteiger partial charge in [0.25, 0.3) is 0 Å². The van der Waals surface area contributed by atoms with E-state index < -0.39 is 0 Å². The first-order valence-electron chi connectivity index (χ1n) is 2.30. The molecule has 3 heteroatoms. The summed E-state index contributed by atoms with van der Waals surface area (Å²) in [5.41, 5.74) is 5.22. The van der Waals surface area contributed by atoms with Crippen molar-refractivity contribution in [3.8, 4) is 0 Å². The summed E-state index contributed by atoms with van der Waals surface area (Å²) in [5.74, 6) is 0.577. The molecule has 0 amide bonds. The Hall–Kier alpha value is -0.410. The monoisotopic (exact) mass is 129 g/mol. The predicted molar refractivity (Wildman–Crippen MR) is 33.6 cm³/mol. The smallest absolute Gasteiger partial charge is 0.161 e. The van der Waals surface area contributed by atoms with Gasteiger partial charge in [-0.05, 0) is 12.1 Å². The highest BCUT2D eigenvalue weighted by Gasteiger charge is 1.89. The Morgan fingerprint density at radius 3 is 3.12 bits per heavy atom. The van der Waals surface area contributed by atoms with Gasteiger partial charge in [-0.2, -0.15) is 0 Å². The molecule has 0 aliphatic heterocycles. The molecule has 0 radical (unpaired) electrons. The van der Waals surface area contributed by atoms with Gasteiger partial charge in [0.2, 0.25) is 0 Å². The molecule has 44 valence electrons. The maximum Gasteiger partial charge on any atom is 0.161 e. The van der Waals surface area contributed by atoms with Gasteiger partial charge in [-0.1, -0.05) is 11.8 Å². The van der Waals surface area contributed by atoms with Crippen molar-refractivity contribution in [2.45, 2.75) is 5.09 Å². The minimum absolute atomic E-state index is 0.577. The summed E-state index contributed by atoms with van der Waals surface area (Å²) < 4.78 is 4.96. The molecule has 0 saturated heterocycles. The molecule has 0 atom stereocenters. The number of thioether (sulfide) groups is 1. The second kappa shape index (κ2) is 2.79. The van der Waals surface area contributed by atoms with Gasteiger partial charge in [0.1, 0.15) is 0 Å². The summed E-state index contributed by atoms with van der Waals surface area (Å²) in [7, 11) is 0. The Kier molecular flexibility index (Phi) is 2.00. The summed E-state index contributed by atoms with van der Waals surface area (Å²) >= 11 is 1.49. The van der Waals surface area contributed by atoms with Crippen LogP contribution in [0.15, 0.2) is 27.9 Å². The van der Waals surface area contributed by atoms with Gasteiger partial charge >= 0.3 is 0 Å². The summed E-state index contributed by atoms with van der Waals surface area (Å²) in [4.78, 5) is 0. The molecule has 0 saturated carbocycles. The first kappa shape index (κ1) is 5.72. The van der Waals surface area contributed by atoms with Crippen LogP contribution >= 0.6 is 11.8 Å². The normalized spacial score (nSPS) is 9.62. The van der Waals surface area contributed by atoms with Gasteiger partial charge in [0, 0.05) is 5.88 Å². The van der Waals surface area contributed by atoms with E-state index in [9.17, 15) is 0 Å². The fourth-order valence-corrected chi connectivity index (χ4v) is 0.890. The lowest BCUT2D eigenvalue weighted by molar-refractivity contribution is 0.474. The summed E-state index contributed by atoms with van der Waals surface area (Å²) in [6.45, 7) is 0. The lowest BCUT2D eigenvalue weighted by atomic mass is 10.7. The zero-order chi connectivity index (χ0) is 5.82. The average Bonchev–Trinajstić information content (AvgIpc) is 2.19. The standard InChI is InChI=1S/C5H7NOS/c6-4-8-5-2-1-3-7-5/h1-3H,4,6H2. The van der Waals surface area contributed by atoms with E-state index in [1.165, 1.54) is 11.8 Å². The van der Waals surface area contributed by atoms with Crippen LogP contribution in [0.1, 0.15) is 0 Å². The molecular weight excluding hydrogens is 122 g/mol. The SMILES string of the molecule is NCSc1ccco1. The van der Waals surface area contributed by atoms with E-state index in [0.717, 1.165) is 5.09 Å². The Bertz CT molecular complexity index is 138. The van der Waals surface area contributed by atoms with Crippen molar-refractivity contribution >= 4 is 11.8 Å². The third kappa shape index (κ3) is 1.28. The van der Waals surface area contributed by atoms with Crippen molar-refractivity contribution < 1.29 is 4.42 Å². The number of hydrogen-bond acceptors (Lipinski definition) is 3. The van der Waals surface area contributed by atoms with Crippen LogP contribution in [0.3, 0.4) is 0 Å². The van der Waals surface area contributed by atoms with E-state index in [-0.39, 0.29) is 0 Å². The molecule has 0 aliphatic rings. The van der Waals surface area contributed by atoms with E-state index in [0.29, 0.717) is 5.88 Å². The molecule has 0 aliphatic carbocycles. The molecule has 1 rings (SSSR count). The van der Waals surface area contributed by atoms with Gasteiger partial charge in [-0.15, -0.1) is 0 Å². The fourth-order valence-electron chi connectivity index (χ4n) is 0.428. The van der Waals surface area contributed by atoms with Crippen molar-refractivity contribution in [3.63, 3.8) is 0 Å². The van der Waals surface area contributed by atoms with Crippen LogP contribution in [0.25, 0.3) is 0 Å². The molecule has 2 nitrogen and oxygen atoms in total. The Morgan fingerprint density at radius 1 is 1.75 bits per heavy atom. The third-order valence-corrected chi connectivity index (χ3v) is 1.40. The molecule has 0 spiro atoms. The number of nitrogens with two attached hydrogens (primary N) is 1. The highest BCUT2D eigenvalue weighted by atomic mass is 32.2. The summed E-state index contributed by atoms with van der Waals surface area (Å²) in [6.07, 6.45) is 1.64. The Morgan fingerprint density at radius 2 is 2.62 bits per heavy atom. The van der Waals surface area contributed by atoms with Crippen molar-refractivity contribution in [3.05, 3.63) is 18.4 Å². The number of rotatable bonds is 2. The molecule has 0 bridgehead atoms. The van der Waals surface area contributed by atoms with Crippen LogP contribution in [0.2, 0.25) is 0 Å². The summed E-state index contributed by atoms with van der Waals surface area (Å²) in [5, 5.41) is 0.882. The molecule has 1 aromatic heterocycles. The zero-order valence-corrected chi connectivity index (χ0v) is 5.15. The third-order valence-electron chi connectivity index (χ3n) is 0.721. The fraction of sp³-hybridized carbons (Fsp3) is 0.200. The predicted octanol–water partition coefficient (Wildman–Crippen LogP) is 1.29. The molecule has 1 heterocycles. The van der Waals surface area contributed by atoms with Gasteiger partial charge in [-0.25, -0.2) is 0 Å². The average molecular weight is 129 g/mol. The second-order valence-corrected chi connectivity index (χ2v) is 2.27. The van der Waals surface area contributed by atoms with E-state index in [1.807, 2.05) is 12.1 Å². The maximum atomic E-state index is 5.22. The maximum absolute atomic E-state index is 5.22. The Labute approximate surface area is 52.1 Å². The Balaban J connectivity index is 2.50. The molecule has 8 heavy (non-hydrogen) atoms. The van der Waals surface area contributed by atoms with Crippen LogP contribution in [0.5, 0.6) is 0 Å². The van der Waals surface area contributed by atoms with Crippen molar-refractivity contribution in [1.82, 2.24) is 0 Å². The number of hydrogen-bond donors (Lipinski definition) is 1. The van der Waals surface area contributed by atoms with Gasteiger partial charge in [-0.3, -0.25) is 0 Å². The number of furan rings is 1. The topological polar surface area (TPSA) is 39.2 Å². The van der Waals surface area contributed by atoms with Crippen LogP contribution in [0, 0.1) is 0 Å². The van der Waals surface area contributed by atoms with Crippen LogP contribution in [-0.2, 0) is 0 Å². The van der Waals surface area contributed by atoms with E-state index in [4.69, 9.17) is 10.2 Å². The molecule has 1 aromatic rings. The first-order chi connectivity index (χ1) is 3.93. The lowest BCUT2D eigenvalue weighted by Gasteiger charge is -1.86. The van der Waals surface area contributed by atoms with Crippen molar-refractivity contribution in [2.75, 3.05) is 5.88 Å². The van der Waals surface area contributed by atoms with Crippen LogP contribution in [0.4, 0.5) is 0 Å². The van der Waals surface area contributed by atoms with Gasteiger partial charge < -0.3 is 10.2 Å². The van der Waals surface area contributed by atoms with Crippen molar-refractivity contribution in [2.24, 2.45) is 5.73 Å². The molecule has 0 aromatic carbocycles. The van der Waals surface area contributed by atoms with Gasteiger partial charge in [0.05, 0.1) is 6.26 Å². The summed E-state index contributed by atoms with van der Waals surface area (Å²) in [6, 6.07) is 3.73. The van der Waals surface area contributed by atoms with Crippen LogP contribution < -0.4 is 5.73 Å². The highest BCUT2D eigenvalue weighted by molar-refractivity contribution is 7.99. The van der Waals surface area contributed by atoms with Crippen molar-refractivity contribution in [1.29, 1.82) is 0 Å². The second-order valence-electron chi connectivity index (χ2n) is 1.24. The minimum Gasteiger partial charge on any atom is -0.458 e. The quantitative estimate of drug-likeness (QED) is 0.483. The first-order valence-corrected chi connectivity index (χ1v) is 3.28. The minimum atomic E-state index is 0.577. The van der Waals surface area contributed by atoms with Crippen LogP contribution in [-0.4, -0.2) is 5.88 Å². The lowest BCUT2D eigenvalue weighted by Crippen LogP contribution is -1.90. The van der Waals surface area contributed by atoms with Gasteiger partial charge in [0.15, 0.2) is 5.09 Å². The van der Waals surface area contributed by atoms with E-state index in [1.54, 1.807) is 6.26 Å². The van der Waals surface area contributed by atoms with E-state index in [2.05, 4.69) is 0 Å². The molecule has 0 unspecified atom stereocenters. The largest absolute Gasteiger partial charge is 0.458 e. The van der Waals surface area contributed by atoms with E-state index >= 15 is 0 Å². The molecule has 0 fully saturated rings. The molecular formula is C5H7NOS. The molecule has 2 N–H and O–H groups in total.